The fourth-order valence-electron chi connectivity index (χ4n) is 5.23. The van der Waals surface area contributed by atoms with E-state index < -0.39 is 34.7 Å². The normalized spacial score (nSPS) is 17.1. The molecule has 1 heterocycles. The number of carbonyl (C=O) groups excluding carboxylic acids is 3. The summed E-state index contributed by atoms with van der Waals surface area (Å²) < 4.78 is 5.18. The smallest absolute Gasteiger partial charge is 0.258 e. The molecule has 4 rings (SSSR count). The summed E-state index contributed by atoms with van der Waals surface area (Å²) >= 11 is 1.44. The van der Waals surface area contributed by atoms with Gasteiger partial charge in [-0.05, 0) is 68.5 Å². The molecule has 4 N–H and O–H groups in total. The minimum Gasteiger partial charge on any atom is -0.508 e. The van der Waals surface area contributed by atoms with E-state index in [-0.39, 0.29) is 37.1 Å². The average Bonchev–Trinajstić information content (AvgIpc) is 3.29. The van der Waals surface area contributed by atoms with Crippen LogP contribution in [0.2, 0.25) is 0 Å². The van der Waals surface area contributed by atoms with E-state index in [1.807, 2.05) is 76.2 Å². The molecular formula is C33H39N3O6S. The number of aryl methyl sites for hydroxylation is 2. The van der Waals surface area contributed by atoms with Crippen molar-refractivity contribution in [3.8, 4) is 11.5 Å². The summed E-state index contributed by atoms with van der Waals surface area (Å²) in [5.41, 5.74) is 3.33. The van der Waals surface area contributed by atoms with Gasteiger partial charge in [-0.25, -0.2) is 0 Å². The van der Waals surface area contributed by atoms with Gasteiger partial charge in [0.2, 0.25) is 5.91 Å². The van der Waals surface area contributed by atoms with Crippen LogP contribution in [0, 0.1) is 13.8 Å². The lowest BCUT2D eigenvalue weighted by atomic mass is 9.97. The first-order valence-electron chi connectivity index (χ1n) is 14.2. The Balaban J connectivity index is 1.49. The Labute approximate surface area is 256 Å². The van der Waals surface area contributed by atoms with Crippen molar-refractivity contribution < 1.29 is 29.3 Å². The van der Waals surface area contributed by atoms with Crippen molar-refractivity contribution in [3.05, 3.63) is 95.1 Å². The number of aliphatic hydroxyl groups is 1. The summed E-state index contributed by atoms with van der Waals surface area (Å²) in [6.07, 6.45) is -1.41. The lowest BCUT2D eigenvalue weighted by molar-refractivity contribution is -0.148. The van der Waals surface area contributed by atoms with Crippen LogP contribution in [0.4, 0.5) is 0 Å². The zero-order chi connectivity index (χ0) is 31.1. The third-order valence-corrected chi connectivity index (χ3v) is 8.86. The molecule has 228 valence electrons. The van der Waals surface area contributed by atoms with Gasteiger partial charge in [-0.1, -0.05) is 60.7 Å². The van der Waals surface area contributed by atoms with E-state index in [4.69, 9.17) is 4.74 Å². The average molecular weight is 606 g/mol. The Bertz CT molecular complexity index is 1430. The number of nitrogens with zero attached hydrogens (tertiary/aromatic N) is 1. The molecule has 9 nitrogen and oxygen atoms in total. The molecule has 10 heteroatoms. The van der Waals surface area contributed by atoms with Crippen molar-refractivity contribution in [1.82, 2.24) is 15.5 Å². The van der Waals surface area contributed by atoms with Gasteiger partial charge >= 0.3 is 0 Å². The maximum absolute atomic E-state index is 13.8. The van der Waals surface area contributed by atoms with Gasteiger partial charge < -0.3 is 30.5 Å². The Hall–Kier alpha value is -4.02. The molecule has 3 atom stereocenters. The maximum atomic E-state index is 13.8. The van der Waals surface area contributed by atoms with E-state index in [0.29, 0.717) is 11.3 Å². The predicted octanol–water partition coefficient (Wildman–Crippen LogP) is 3.47. The first-order chi connectivity index (χ1) is 20.5. The van der Waals surface area contributed by atoms with Gasteiger partial charge in [-0.2, -0.15) is 0 Å². The quantitative estimate of drug-likeness (QED) is 0.264. The molecule has 1 fully saturated rings. The second-order valence-corrected chi connectivity index (χ2v) is 12.9. The third kappa shape index (κ3) is 8.09. The molecule has 0 saturated carbocycles. The molecule has 0 bridgehead atoms. The minimum atomic E-state index is -1.61. The fraction of sp³-hybridized carbons (Fsp3) is 0.364. The van der Waals surface area contributed by atoms with Crippen molar-refractivity contribution in [1.29, 1.82) is 0 Å². The highest BCUT2D eigenvalue weighted by Gasteiger charge is 2.49. The summed E-state index contributed by atoms with van der Waals surface area (Å²) in [5, 5.41) is 26.8. The van der Waals surface area contributed by atoms with Crippen LogP contribution in [-0.2, 0) is 27.3 Å². The van der Waals surface area contributed by atoms with Crippen molar-refractivity contribution in [3.63, 3.8) is 0 Å². The SMILES string of the molecule is Cc1cccc(C)c1OCC(=O)N[C@@H](Cc1ccccc1)[C@H](O)C(=O)N1CSC(C)(C)[C@H]1C(=O)NCc1cccc(O)c1. The lowest BCUT2D eigenvalue weighted by Crippen LogP contribution is -2.59. The predicted molar refractivity (Wildman–Crippen MR) is 167 cm³/mol. The number of phenols is 1. The molecule has 3 aromatic rings. The Morgan fingerprint density at radius 3 is 2.33 bits per heavy atom. The number of para-hydroxylation sites is 1. The second kappa shape index (κ2) is 14.0. The topological polar surface area (TPSA) is 128 Å². The molecule has 1 saturated heterocycles. The maximum Gasteiger partial charge on any atom is 0.258 e. The van der Waals surface area contributed by atoms with Crippen LogP contribution in [0.15, 0.2) is 72.8 Å². The number of hydrogen-bond donors (Lipinski definition) is 4. The Kier molecular flexibility index (Phi) is 10.4. The van der Waals surface area contributed by atoms with Crippen molar-refractivity contribution in [2.24, 2.45) is 0 Å². The van der Waals surface area contributed by atoms with Gasteiger partial charge in [0.1, 0.15) is 17.5 Å². The summed E-state index contributed by atoms with van der Waals surface area (Å²) in [6, 6.07) is 19.7. The van der Waals surface area contributed by atoms with Crippen LogP contribution in [0.3, 0.4) is 0 Å². The number of ether oxygens (including phenoxy) is 1. The molecule has 3 aromatic carbocycles. The number of carbonyl (C=O) groups is 3. The first kappa shape index (κ1) is 31.9. The van der Waals surface area contributed by atoms with Crippen LogP contribution in [0.25, 0.3) is 0 Å². The summed E-state index contributed by atoms with van der Waals surface area (Å²) in [6.45, 7) is 7.43. The van der Waals surface area contributed by atoms with Gasteiger partial charge in [0, 0.05) is 11.3 Å². The van der Waals surface area contributed by atoms with E-state index in [1.165, 1.54) is 16.7 Å². The number of thioether (sulfide) groups is 1. The van der Waals surface area contributed by atoms with E-state index in [0.717, 1.165) is 16.7 Å². The standard InChI is InChI=1S/C33H39N3O6S/c1-21-10-8-11-22(2)29(21)42-19-27(38)35-26(17-23-12-6-5-7-13-23)28(39)32(41)36-20-43-33(3,4)30(36)31(40)34-18-24-14-9-15-25(37)16-24/h5-16,26,28,30,37,39H,17-20H2,1-4H3,(H,34,40)(H,35,38)/t26-,28-,30+/m0/s1. The highest BCUT2D eigenvalue weighted by atomic mass is 32.2. The van der Waals surface area contributed by atoms with E-state index in [1.54, 1.807) is 24.3 Å². The number of rotatable bonds is 11. The zero-order valence-electron chi connectivity index (χ0n) is 24.9. The zero-order valence-corrected chi connectivity index (χ0v) is 25.7. The monoisotopic (exact) mass is 605 g/mol. The molecule has 1 aliphatic heterocycles. The van der Waals surface area contributed by atoms with Crippen molar-refractivity contribution in [2.45, 2.75) is 63.6 Å². The van der Waals surface area contributed by atoms with E-state index in [9.17, 15) is 24.6 Å². The minimum absolute atomic E-state index is 0.0920. The van der Waals surface area contributed by atoms with E-state index in [2.05, 4.69) is 10.6 Å². The molecule has 0 aromatic heterocycles. The van der Waals surface area contributed by atoms with Crippen LogP contribution in [0.5, 0.6) is 11.5 Å². The Morgan fingerprint density at radius 1 is 1.00 bits per heavy atom. The van der Waals surface area contributed by atoms with Crippen LogP contribution >= 0.6 is 11.8 Å². The van der Waals surface area contributed by atoms with E-state index >= 15 is 0 Å². The number of aliphatic hydroxyl groups excluding tert-OH is 1. The first-order valence-corrected chi connectivity index (χ1v) is 15.1. The van der Waals surface area contributed by atoms with Gasteiger partial charge in [0.05, 0.1) is 11.9 Å². The molecule has 0 spiro atoms. The largest absolute Gasteiger partial charge is 0.508 e. The highest BCUT2D eigenvalue weighted by Crippen LogP contribution is 2.40. The molecule has 3 amide bonds. The van der Waals surface area contributed by atoms with Gasteiger partial charge in [0.25, 0.3) is 11.8 Å². The van der Waals surface area contributed by atoms with Crippen molar-refractivity contribution in [2.75, 3.05) is 12.5 Å². The molecule has 0 unspecified atom stereocenters. The second-order valence-electron chi connectivity index (χ2n) is 11.3. The van der Waals surface area contributed by atoms with Gasteiger partial charge in [-0.15, -0.1) is 11.8 Å². The molecule has 43 heavy (non-hydrogen) atoms. The number of nitrogens with one attached hydrogen (secondary N) is 2. The third-order valence-electron chi connectivity index (χ3n) is 7.49. The van der Waals surface area contributed by atoms with Crippen molar-refractivity contribution >= 4 is 29.5 Å². The number of aromatic hydroxyl groups is 1. The number of benzene rings is 3. The van der Waals surface area contributed by atoms with Gasteiger partial charge in [0.15, 0.2) is 12.7 Å². The number of amides is 3. The molecule has 0 radical (unpaired) electrons. The number of phenolic OH excluding ortho intramolecular Hbond substituents is 1. The molecule has 0 aliphatic carbocycles. The lowest BCUT2D eigenvalue weighted by Gasteiger charge is -2.33. The number of hydrogen-bond acceptors (Lipinski definition) is 7. The van der Waals surface area contributed by atoms with Crippen LogP contribution in [-0.4, -0.2) is 68.3 Å². The van der Waals surface area contributed by atoms with Crippen LogP contribution < -0.4 is 15.4 Å². The Morgan fingerprint density at radius 2 is 1.65 bits per heavy atom. The molecule has 1 aliphatic rings. The van der Waals surface area contributed by atoms with Gasteiger partial charge in [-0.3, -0.25) is 14.4 Å². The fourth-order valence-corrected chi connectivity index (χ4v) is 6.37. The highest BCUT2D eigenvalue weighted by molar-refractivity contribution is 8.00. The summed E-state index contributed by atoms with van der Waals surface area (Å²) in [5.74, 6) is -0.586. The molecular weight excluding hydrogens is 566 g/mol. The van der Waals surface area contributed by atoms with Crippen LogP contribution in [0.1, 0.15) is 36.1 Å². The summed E-state index contributed by atoms with van der Waals surface area (Å²) in [4.78, 5) is 41.7. The summed E-state index contributed by atoms with van der Waals surface area (Å²) in [7, 11) is 0.